The largest absolute Gasteiger partial charge is 0.481 e. The molecule has 0 spiro atoms. The lowest BCUT2D eigenvalue weighted by atomic mass is 10.1. The van der Waals surface area contributed by atoms with Gasteiger partial charge < -0.3 is 14.7 Å². The molecule has 0 radical (unpaired) electrons. The highest BCUT2D eigenvalue weighted by molar-refractivity contribution is 5.88. The van der Waals surface area contributed by atoms with Crippen LogP contribution >= 0.6 is 0 Å². The molecular weight excluding hydrogens is 198 g/mol. The Morgan fingerprint density at radius 1 is 1.53 bits per heavy atom. The summed E-state index contributed by atoms with van der Waals surface area (Å²) in [4.78, 5) is 23.9. The molecular formula is C10H17NO4. The lowest BCUT2D eigenvalue weighted by molar-refractivity contribution is -0.147. The number of hydrogen-bond donors (Lipinski definition) is 1. The standard InChI is InChI=1S/C10H17NO4/c1-7(8(12)13)6-11(2)9(14)10(15-3)4-5-10/h7H,4-6H2,1-3H3,(H,12,13). The van der Waals surface area contributed by atoms with Gasteiger partial charge in [0.15, 0.2) is 0 Å². The summed E-state index contributed by atoms with van der Waals surface area (Å²) in [6.45, 7) is 1.80. The molecule has 0 aliphatic heterocycles. The van der Waals surface area contributed by atoms with Gasteiger partial charge in [0.05, 0.1) is 5.92 Å². The fourth-order valence-electron chi connectivity index (χ4n) is 1.54. The molecule has 86 valence electrons. The first-order chi connectivity index (χ1) is 6.93. The highest BCUT2D eigenvalue weighted by Crippen LogP contribution is 2.40. The summed E-state index contributed by atoms with van der Waals surface area (Å²) < 4.78 is 5.14. The number of carboxylic acids is 1. The zero-order chi connectivity index (χ0) is 11.6. The summed E-state index contributed by atoms with van der Waals surface area (Å²) in [7, 11) is 3.13. The first-order valence-electron chi connectivity index (χ1n) is 4.96. The molecule has 1 unspecified atom stereocenters. The Balaban J connectivity index is 2.50. The number of ether oxygens (including phenoxy) is 1. The number of likely N-dealkylation sites (N-methyl/N-ethyl adjacent to an activating group) is 1. The molecule has 1 aliphatic rings. The van der Waals surface area contributed by atoms with Gasteiger partial charge in [0.2, 0.25) is 0 Å². The van der Waals surface area contributed by atoms with Crippen LogP contribution in [0.3, 0.4) is 0 Å². The molecule has 5 heteroatoms. The number of amides is 1. The SMILES string of the molecule is COC1(C(=O)N(C)CC(C)C(=O)O)CC1. The van der Waals surface area contributed by atoms with Crippen molar-refractivity contribution in [1.82, 2.24) is 4.90 Å². The average Bonchev–Trinajstić information content (AvgIpc) is 2.96. The highest BCUT2D eigenvalue weighted by Gasteiger charge is 2.51. The fourth-order valence-corrected chi connectivity index (χ4v) is 1.54. The van der Waals surface area contributed by atoms with Crippen LogP contribution in [-0.4, -0.2) is 48.2 Å². The molecule has 5 nitrogen and oxygen atoms in total. The predicted molar refractivity (Wildman–Crippen MR) is 53.4 cm³/mol. The quantitative estimate of drug-likeness (QED) is 0.718. The molecule has 0 aromatic rings. The molecule has 1 fully saturated rings. The van der Waals surface area contributed by atoms with E-state index in [9.17, 15) is 9.59 Å². The molecule has 0 heterocycles. The van der Waals surface area contributed by atoms with Gasteiger partial charge in [-0.05, 0) is 12.8 Å². The third-order valence-corrected chi connectivity index (χ3v) is 2.80. The molecule has 1 saturated carbocycles. The minimum Gasteiger partial charge on any atom is -0.481 e. The third kappa shape index (κ3) is 2.47. The van der Waals surface area contributed by atoms with Crippen molar-refractivity contribution >= 4 is 11.9 Å². The Labute approximate surface area is 89.0 Å². The van der Waals surface area contributed by atoms with E-state index in [4.69, 9.17) is 9.84 Å². The van der Waals surface area contributed by atoms with Gasteiger partial charge in [-0.25, -0.2) is 0 Å². The number of rotatable bonds is 5. The molecule has 1 atom stereocenters. The zero-order valence-corrected chi connectivity index (χ0v) is 9.32. The smallest absolute Gasteiger partial charge is 0.308 e. The van der Waals surface area contributed by atoms with Gasteiger partial charge in [0.1, 0.15) is 5.60 Å². The van der Waals surface area contributed by atoms with Crippen LogP contribution in [0.25, 0.3) is 0 Å². The van der Waals surface area contributed by atoms with Crippen molar-refractivity contribution in [1.29, 1.82) is 0 Å². The van der Waals surface area contributed by atoms with Gasteiger partial charge in [-0.1, -0.05) is 6.92 Å². The Morgan fingerprint density at radius 2 is 2.07 bits per heavy atom. The van der Waals surface area contributed by atoms with Crippen molar-refractivity contribution < 1.29 is 19.4 Å². The number of carbonyl (C=O) groups is 2. The minimum absolute atomic E-state index is 0.113. The molecule has 0 bridgehead atoms. The normalized spacial score (nSPS) is 19.4. The fraction of sp³-hybridized carbons (Fsp3) is 0.800. The van der Waals surface area contributed by atoms with Gasteiger partial charge in [-0.3, -0.25) is 9.59 Å². The van der Waals surface area contributed by atoms with E-state index >= 15 is 0 Å². The summed E-state index contributed by atoms with van der Waals surface area (Å²) in [6, 6.07) is 0. The summed E-state index contributed by atoms with van der Waals surface area (Å²) in [6.07, 6.45) is 1.46. The van der Waals surface area contributed by atoms with Crippen LogP contribution in [0.1, 0.15) is 19.8 Å². The lowest BCUT2D eigenvalue weighted by Crippen LogP contribution is -2.42. The van der Waals surface area contributed by atoms with E-state index in [2.05, 4.69) is 0 Å². The molecule has 1 N–H and O–H groups in total. The second kappa shape index (κ2) is 4.18. The van der Waals surface area contributed by atoms with Gasteiger partial charge in [-0.15, -0.1) is 0 Å². The van der Waals surface area contributed by atoms with E-state index in [1.54, 1.807) is 14.0 Å². The van der Waals surface area contributed by atoms with Gasteiger partial charge in [0, 0.05) is 20.7 Å². The van der Waals surface area contributed by atoms with Crippen molar-refractivity contribution in [3.05, 3.63) is 0 Å². The topological polar surface area (TPSA) is 66.8 Å². The molecule has 15 heavy (non-hydrogen) atoms. The summed E-state index contributed by atoms with van der Waals surface area (Å²) in [5, 5.41) is 8.72. The predicted octanol–water partition coefficient (Wildman–Crippen LogP) is 0.344. The van der Waals surface area contributed by atoms with Crippen LogP contribution in [0, 0.1) is 5.92 Å². The Bertz CT molecular complexity index is 273. The Hall–Kier alpha value is -1.10. The van der Waals surface area contributed by atoms with Crippen LogP contribution in [0.5, 0.6) is 0 Å². The second-order valence-electron chi connectivity index (χ2n) is 4.12. The summed E-state index contributed by atoms with van der Waals surface area (Å²) in [5.74, 6) is -1.55. The minimum atomic E-state index is -0.892. The Kier molecular flexibility index (Phi) is 3.34. The van der Waals surface area contributed by atoms with Crippen LogP contribution in [0.15, 0.2) is 0 Å². The van der Waals surface area contributed by atoms with Gasteiger partial charge in [0.25, 0.3) is 5.91 Å². The third-order valence-electron chi connectivity index (χ3n) is 2.80. The number of carboxylic acid groups (broad SMARTS) is 1. The molecule has 0 saturated heterocycles. The van der Waals surface area contributed by atoms with E-state index in [0.717, 1.165) is 12.8 Å². The van der Waals surface area contributed by atoms with Crippen LogP contribution in [0.2, 0.25) is 0 Å². The first kappa shape index (κ1) is 12.0. The van der Waals surface area contributed by atoms with Gasteiger partial charge in [-0.2, -0.15) is 0 Å². The molecule has 1 rings (SSSR count). The van der Waals surface area contributed by atoms with E-state index in [1.165, 1.54) is 12.0 Å². The average molecular weight is 215 g/mol. The van der Waals surface area contributed by atoms with Crippen molar-refractivity contribution in [3.8, 4) is 0 Å². The van der Waals surface area contributed by atoms with Gasteiger partial charge >= 0.3 is 5.97 Å². The highest BCUT2D eigenvalue weighted by atomic mass is 16.5. The molecule has 0 aromatic carbocycles. The van der Waals surface area contributed by atoms with Crippen molar-refractivity contribution in [2.24, 2.45) is 5.92 Å². The molecule has 1 aliphatic carbocycles. The second-order valence-corrected chi connectivity index (χ2v) is 4.12. The summed E-state index contributed by atoms with van der Waals surface area (Å²) >= 11 is 0. The number of carbonyl (C=O) groups excluding carboxylic acids is 1. The van der Waals surface area contributed by atoms with E-state index in [1.807, 2.05) is 0 Å². The Morgan fingerprint density at radius 3 is 2.40 bits per heavy atom. The van der Waals surface area contributed by atoms with E-state index in [0.29, 0.717) is 0 Å². The maximum atomic E-state index is 11.8. The number of methoxy groups -OCH3 is 1. The van der Waals surface area contributed by atoms with Crippen LogP contribution in [-0.2, 0) is 14.3 Å². The number of aliphatic carboxylic acids is 1. The summed E-state index contributed by atoms with van der Waals surface area (Å²) in [5.41, 5.74) is -0.660. The lowest BCUT2D eigenvalue weighted by Gasteiger charge is -2.23. The van der Waals surface area contributed by atoms with Crippen molar-refractivity contribution in [3.63, 3.8) is 0 Å². The molecule has 1 amide bonds. The number of hydrogen-bond acceptors (Lipinski definition) is 3. The maximum Gasteiger partial charge on any atom is 0.308 e. The van der Waals surface area contributed by atoms with E-state index < -0.39 is 17.5 Å². The van der Waals surface area contributed by atoms with E-state index in [-0.39, 0.29) is 12.5 Å². The first-order valence-corrected chi connectivity index (χ1v) is 4.96. The van der Waals surface area contributed by atoms with Crippen LogP contribution in [0.4, 0.5) is 0 Å². The molecule has 0 aromatic heterocycles. The van der Waals surface area contributed by atoms with Crippen molar-refractivity contribution in [2.75, 3.05) is 20.7 Å². The monoisotopic (exact) mass is 215 g/mol. The van der Waals surface area contributed by atoms with Crippen molar-refractivity contribution in [2.45, 2.75) is 25.4 Å². The number of nitrogens with zero attached hydrogens (tertiary/aromatic N) is 1. The zero-order valence-electron chi connectivity index (χ0n) is 9.32. The maximum absolute atomic E-state index is 11.8. The van der Waals surface area contributed by atoms with Crippen LogP contribution < -0.4 is 0 Å².